The van der Waals surface area contributed by atoms with Gasteiger partial charge >= 0.3 is 0 Å². The molecule has 1 aliphatic rings. The Balaban J connectivity index is 1.30. The molecular formula is C26H20ClN3O5S. The van der Waals surface area contributed by atoms with E-state index in [-0.39, 0.29) is 24.0 Å². The predicted octanol–water partition coefficient (Wildman–Crippen LogP) is 5.03. The maximum Gasteiger partial charge on any atom is 0.294 e. The van der Waals surface area contributed by atoms with E-state index in [0.717, 1.165) is 16.7 Å². The molecule has 36 heavy (non-hydrogen) atoms. The standard InChI is InChI=1S/C26H20ClN3O5S/c27-18-8-10-20(11-9-18)29-24(32)16-35-21-12-6-17(7-13-21)14-22-25(33)30(26(34)36-22)15-23(31)28-19-4-2-1-3-5-19/h1-14H,15-16H2,(H,28,31)(H,29,32)/b22-14-. The van der Waals surface area contributed by atoms with Gasteiger partial charge in [0.25, 0.3) is 17.1 Å². The van der Waals surface area contributed by atoms with E-state index in [1.165, 1.54) is 0 Å². The van der Waals surface area contributed by atoms with Crippen LogP contribution in [-0.2, 0) is 14.4 Å². The van der Waals surface area contributed by atoms with Crippen molar-refractivity contribution in [2.45, 2.75) is 0 Å². The van der Waals surface area contributed by atoms with Gasteiger partial charge in [-0.15, -0.1) is 0 Å². The number of nitrogens with one attached hydrogen (secondary N) is 2. The van der Waals surface area contributed by atoms with Crippen LogP contribution in [0.1, 0.15) is 5.56 Å². The smallest absolute Gasteiger partial charge is 0.294 e. The van der Waals surface area contributed by atoms with Crippen molar-refractivity contribution in [1.29, 1.82) is 0 Å². The number of hydrogen-bond donors (Lipinski definition) is 2. The second-order valence-corrected chi connectivity index (χ2v) is 9.02. The topological polar surface area (TPSA) is 105 Å². The van der Waals surface area contributed by atoms with Crippen LogP contribution in [-0.4, -0.2) is 41.0 Å². The minimum atomic E-state index is -0.535. The van der Waals surface area contributed by atoms with Gasteiger partial charge in [0, 0.05) is 16.4 Å². The summed E-state index contributed by atoms with van der Waals surface area (Å²) in [5.41, 5.74) is 1.84. The molecule has 1 heterocycles. The van der Waals surface area contributed by atoms with Gasteiger partial charge in [-0.2, -0.15) is 0 Å². The van der Waals surface area contributed by atoms with Crippen molar-refractivity contribution in [2.24, 2.45) is 0 Å². The summed E-state index contributed by atoms with van der Waals surface area (Å²) >= 11 is 6.60. The number of amides is 4. The number of anilines is 2. The first-order chi connectivity index (χ1) is 17.4. The highest BCUT2D eigenvalue weighted by molar-refractivity contribution is 8.18. The van der Waals surface area contributed by atoms with Gasteiger partial charge in [-0.3, -0.25) is 24.1 Å². The van der Waals surface area contributed by atoms with E-state index in [2.05, 4.69) is 10.6 Å². The zero-order valence-electron chi connectivity index (χ0n) is 18.8. The van der Waals surface area contributed by atoms with Crippen LogP contribution in [0.3, 0.4) is 0 Å². The largest absolute Gasteiger partial charge is 0.484 e. The highest BCUT2D eigenvalue weighted by atomic mass is 35.5. The average molecular weight is 522 g/mol. The quantitative estimate of drug-likeness (QED) is 0.403. The van der Waals surface area contributed by atoms with Crippen LogP contribution in [0, 0.1) is 0 Å². The Morgan fingerprint density at radius 3 is 2.19 bits per heavy atom. The van der Waals surface area contributed by atoms with Crippen LogP contribution >= 0.6 is 23.4 Å². The third-order valence-corrected chi connectivity index (χ3v) is 6.07. The zero-order chi connectivity index (χ0) is 25.5. The van der Waals surface area contributed by atoms with E-state index in [9.17, 15) is 19.2 Å². The normalized spacial score (nSPS) is 14.1. The number of thioether (sulfide) groups is 1. The molecule has 0 unspecified atom stereocenters. The molecule has 1 aliphatic heterocycles. The highest BCUT2D eigenvalue weighted by Gasteiger charge is 2.36. The minimum Gasteiger partial charge on any atom is -0.484 e. The van der Waals surface area contributed by atoms with Gasteiger partial charge in [0.1, 0.15) is 12.3 Å². The second-order valence-electron chi connectivity index (χ2n) is 7.59. The molecule has 0 radical (unpaired) electrons. The molecule has 2 N–H and O–H groups in total. The summed E-state index contributed by atoms with van der Waals surface area (Å²) in [6.45, 7) is -0.562. The number of rotatable bonds is 8. The lowest BCUT2D eigenvalue weighted by Crippen LogP contribution is -2.36. The van der Waals surface area contributed by atoms with Crippen LogP contribution in [0.2, 0.25) is 5.02 Å². The van der Waals surface area contributed by atoms with Crippen LogP contribution in [0.25, 0.3) is 6.08 Å². The second kappa shape index (κ2) is 11.6. The number of hydrogen-bond acceptors (Lipinski definition) is 6. The van der Waals surface area contributed by atoms with Gasteiger partial charge in [-0.25, -0.2) is 0 Å². The van der Waals surface area contributed by atoms with Crippen molar-refractivity contribution in [1.82, 2.24) is 4.90 Å². The fourth-order valence-corrected chi connectivity index (χ4v) is 4.16. The zero-order valence-corrected chi connectivity index (χ0v) is 20.3. The van der Waals surface area contributed by atoms with Crippen LogP contribution in [0.4, 0.5) is 16.2 Å². The monoisotopic (exact) mass is 521 g/mol. The summed E-state index contributed by atoms with van der Waals surface area (Å²) in [6, 6.07) is 22.2. The van der Waals surface area contributed by atoms with E-state index in [1.807, 2.05) is 6.07 Å². The summed E-state index contributed by atoms with van der Waals surface area (Å²) < 4.78 is 5.50. The van der Waals surface area contributed by atoms with Crippen LogP contribution < -0.4 is 15.4 Å². The molecule has 1 fully saturated rings. The molecule has 0 saturated carbocycles. The SMILES string of the molecule is O=C(COc1ccc(/C=C2\SC(=O)N(CC(=O)Nc3ccccc3)C2=O)cc1)Nc1ccc(Cl)cc1. The van der Waals surface area contributed by atoms with E-state index < -0.39 is 17.1 Å². The van der Waals surface area contributed by atoms with Crippen molar-refractivity contribution < 1.29 is 23.9 Å². The number of carbonyl (C=O) groups is 4. The van der Waals surface area contributed by atoms with E-state index in [1.54, 1.807) is 78.9 Å². The summed E-state index contributed by atoms with van der Waals surface area (Å²) in [6.07, 6.45) is 1.57. The fraction of sp³-hybridized carbons (Fsp3) is 0.0769. The Morgan fingerprint density at radius 2 is 1.50 bits per heavy atom. The van der Waals surface area contributed by atoms with Crippen molar-refractivity contribution in [3.8, 4) is 5.75 Å². The molecule has 0 bridgehead atoms. The number of imide groups is 1. The Hall–Kier alpha value is -4.08. The summed E-state index contributed by atoms with van der Waals surface area (Å²) in [4.78, 5) is 50.4. The van der Waals surface area contributed by atoms with E-state index in [0.29, 0.717) is 27.7 Å². The van der Waals surface area contributed by atoms with Crippen LogP contribution in [0.5, 0.6) is 5.75 Å². The molecular weight excluding hydrogens is 502 g/mol. The van der Waals surface area contributed by atoms with Crippen molar-refractivity contribution in [3.63, 3.8) is 0 Å². The molecule has 0 atom stereocenters. The number of benzene rings is 3. The van der Waals surface area contributed by atoms with Crippen molar-refractivity contribution in [2.75, 3.05) is 23.8 Å². The van der Waals surface area contributed by atoms with E-state index in [4.69, 9.17) is 16.3 Å². The number of nitrogens with zero attached hydrogens (tertiary/aromatic N) is 1. The minimum absolute atomic E-state index is 0.189. The fourth-order valence-electron chi connectivity index (χ4n) is 3.19. The molecule has 0 aromatic heterocycles. The molecule has 1 saturated heterocycles. The van der Waals surface area contributed by atoms with E-state index >= 15 is 0 Å². The molecule has 3 aromatic carbocycles. The molecule has 4 amide bonds. The van der Waals surface area contributed by atoms with Crippen molar-refractivity contribution >= 4 is 63.8 Å². The molecule has 8 nitrogen and oxygen atoms in total. The Morgan fingerprint density at radius 1 is 0.861 bits per heavy atom. The van der Waals surface area contributed by atoms with Gasteiger partial charge in [0.2, 0.25) is 5.91 Å². The molecule has 0 spiro atoms. The maximum absolute atomic E-state index is 12.7. The lowest BCUT2D eigenvalue weighted by atomic mass is 10.2. The Bertz CT molecular complexity index is 1310. The first kappa shape index (κ1) is 25.0. The number of ether oxygens (including phenoxy) is 1. The third kappa shape index (κ3) is 6.74. The maximum atomic E-state index is 12.7. The number of para-hydroxylation sites is 1. The summed E-state index contributed by atoms with van der Waals surface area (Å²) in [7, 11) is 0. The van der Waals surface area contributed by atoms with Gasteiger partial charge < -0.3 is 15.4 Å². The van der Waals surface area contributed by atoms with Gasteiger partial charge in [-0.05, 0) is 71.9 Å². The van der Waals surface area contributed by atoms with Crippen molar-refractivity contribution in [3.05, 3.63) is 94.4 Å². The lowest BCUT2D eigenvalue weighted by molar-refractivity contribution is -0.127. The third-order valence-electron chi connectivity index (χ3n) is 4.91. The Labute approximate surface area is 216 Å². The molecule has 10 heteroatoms. The number of halogens is 1. The number of carbonyl (C=O) groups excluding carboxylic acids is 4. The molecule has 182 valence electrons. The van der Waals surface area contributed by atoms with Gasteiger partial charge in [0.05, 0.1) is 4.91 Å². The predicted molar refractivity (Wildman–Crippen MR) is 140 cm³/mol. The average Bonchev–Trinajstić information content (AvgIpc) is 3.13. The summed E-state index contributed by atoms with van der Waals surface area (Å²) in [5, 5.41) is 5.42. The molecule has 0 aliphatic carbocycles. The van der Waals surface area contributed by atoms with Gasteiger partial charge in [0.15, 0.2) is 6.61 Å². The first-order valence-electron chi connectivity index (χ1n) is 10.8. The molecule has 3 aromatic rings. The summed E-state index contributed by atoms with van der Waals surface area (Å²) in [5.74, 6) is -0.866. The molecule has 4 rings (SSSR count). The first-order valence-corrected chi connectivity index (χ1v) is 12.0. The van der Waals surface area contributed by atoms with Gasteiger partial charge in [-0.1, -0.05) is 41.9 Å². The highest BCUT2D eigenvalue weighted by Crippen LogP contribution is 2.32. The van der Waals surface area contributed by atoms with Crippen LogP contribution in [0.15, 0.2) is 83.8 Å². The Kier molecular flexibility index (Phi) is 8.04. The lowest BCUT2D eigenvalue weighted by Gasteiger charge is -2.12.